The second-order valence-corrected chi connectivity index (χ2v) is 14.0. The second-order valence-electron chi connectivity index (χ2n) is 14.0. The van der Waals surface area contributed by atoms with Crippen molar-refractivity contribution in [3.63, 3.8) is 0 Å². The Balaban J connectivity index is 1.28. The molecular formula is C30H52O. The van der Waals surface area contributed by atoms with Gasteiger partial charge in [-0.05, 0) is 123 Å². The van der Waals surface area contributed by atoms with Crippen LogP contribution in [0.5, 0.6) is 0 Å². The van der Waals surface area contributed by atoms with Crippen molar-refractivity contribution in [2.24, 2.45) is 52.3 Å². The normalized spacial score (nSPS) is 50.3. The van der Waals surface area contributed by atoms with E-state index in [0.717, 1.165) is 48.0 Å². The van der Waals surface area contributed by atoms with E-state index in [1.807, 2.05) is 0 Å². The quantitative estimate of drug-likeness (QED) is 0.425. The molecule has 5 rings (SSSR count). The van der Waals surface area contributed by atoms with Crippen LogP contribution in [0.3, 0.4) is 0 Å². The Labute approximate surface area is 193 Å². The first-order valence-corrected chi connectivity index (χ1v) is 14.4. The summed E-state index contributed by atoms with van der Waals surface area (Å²) in [5, 5.41) is 0. The Bertz CT molecular complexity index is 632. The van der Waals surface area contributed by atoms with Crippen LogP contribution in [0.2, 0.25) is 0 Å². The smallest absolute Gasteiger partial charge is 0.0686 e. The van der Waals surface area contributed by atoms with E-state index in [1.165, 1.54) is 83.5 Å². The SMILES string of the molecule is CC(C)CCC[C@@H](C)[C@H]1CC[C@H]2[C@@H]3CC[C@H]4C[C@@]5(CCCO5)CC[C@]4(C)[C@H]3CC[C@]12C. The Morgan fingerprint density at radius 2 is 1.61 bits per heavy atom. The van der Waals surface area contributed by atoms with Crippen LogP contribution in [0.4, 0.5) is 0 Å². The van der Waals surface area contributed by atoms with E-state index < -0.39 is 0 Å². The van der Waals surface area contributed by atoms with E-state index in [9.17, 15) is 0 Å². The highest BCUT2D eigenvalue weighted by Crippen LogP contribution is 2.69. The zero-order valence-electron chi connectivity index (χ0n) is 21.6. The molecule has 0 amide bonds. The van der Waals surface area contributed by atoms with Crippen LogP contribution >= 0.6 is 0 Å². The Hall–Kier alpha value is -0.0400. The molecule has 4 aliphatic carbocycles. The lowest BCUT2D eigenvalue weighted by Gasteiger charge is -2.62. The van der Waals surface area contributed by atoms with Gasteiger partial charge in [-0.2, -0.15) is 0 Å². The predicted octanol–water partition coefficient (Wildman–Crippen LogP) is 8.66. The fourth-order valence-corrected chi connectivity index (χ4v) is 10.4. The molecule has 1 heteroatoms. The largest absolute Gasteiger partial charge is 0.375 e. The first-order valence-electron chi connectivity index (χ1n) is 14.4. The maximum absolute atomic E-state index is 6.38. The minimum atomic E-state index is 0.296. The van der Waals surface area contributed by atoms with Gasteiger partial charge in [0.25, 0.3) is 0 Å². The standard InChI is InChI=1S/C30H52O/c1-21(2)8-6-9-22(3)25-12-13-26-24-11-10-23-20-30(15-7-19-31-30)18-17-28(23,4)27(24)14-16-29(25,26)5/h21-27H,6-20H2,1-5H3/t22-,23+,24+,25-,26+,27+,28+,29-,30-/m1/s1. The van der Waals surface area contributed by atoms with E-state index in [4.69, 9.17) is 4.74 Å². The van der Waals surface area contributed by atoms with Gasteiger partial charge >= 0.3 is 0 Å². The third-order valence-electron chi connectivity index (χ3n) is 12.2. The maximum atomic E-state index is 6.38. The number of ether oxygens (including phenoxy) is 1. The lowest BCUT2D eigenvalue weighted by molar-refractivity contribution is -0.155. The van der Waals surface area contributed by atoms with Crippen LogP contribution in [-0.2, 0) is 4.74 Å². The molecule has 1 spiro atoms. The summed E-state index contributed by atoms with van der Waals surface area (Å²) in [5.74, 6) is 6.82. The minimum Gasteiger partial charge on any atom is -0.375 e. The molecule has 9 atom stereocenters. The van der Waals surface area contributed by atoms with Gasteiger partial charge in [0.1, 0.15) is 0 Å². The van der Waals surface area contributed by atoms with Crippen LogP contribution in [0.25, 0.3) is 0 Å². The van der Waals surface area contributed by atoms with Crippen LogP contribution in [-0.4, -0.2) is 12.2 Å². The molecule has 31 heavy (non-hydrogen) atoms. The van der Waals surface area contributed by atoms with Crippen molar-refractivity contribution in [3.8, 4) is 0 Å². The average molecular weight is 429 g/mol. The van der Waals surface area contributed by atoms with Crippen LogP contribution in [0.15, 0.2) is 0 Å². The van der Waals surface area contributed by atoms with Gasteiger partial charge in [-0.3, -0.25) is 0 Å². The molecule has 1 nitrogen and oxygen atoms in total. The van der Waals surface area contributed by atoms with Gasteiger partial charge in [0.15, 0.2) is 0 Å². The van der Waals surface area contributed by atoms with Gasteiger partial charge in [-0.15, -0.1) is 0 Å². The lowest BCUT2D eigenvalue weighted by atomic mass is 9.43. The summed E-state index contributed by atoms with van der Waals surface area (Å²) in [6, 6.07) is 0. The van der Waals surface area contributed by atoms with Crippen molar-refractivity contribution in [1.82, 2.24) is 0 Å². The first-order chi connectivity index (χ1) is 14.8. The molecule has 1 aliphatic heterocycles. The topological polar surface area (TPSA) is 9.23 Å². The Morgan fingerprint density at radius 1 is 0.806 bits per heavy atom. The van der Waals surface area contributed by atoms with Gasteiger partial charge in [0.2, 0.25) is 0 Å². The summed E-state index contributed by atoms with van der Waals surface area (Å²) >= 11 is 0. The van der Waals surface area contributed by atoms with Gasteiger partial charge in [-0.1, -0.05) is 53.9 Å². The summed E-state index contributed by atoms with van der Waals surface area (Å²) in [6.07, 6.45) is 20.4. The predicted molar refractivity (Wildman–Crippen MR) is 131 cm³/mol. The van der Waals surface area contributed by atoms with E-state index in [2.05, 4.69) is 34.6 Å². The zero-order valence-corrected chi connectivity index (χ0v) is 21.6. The molecule has 0 bridgehead atoms. The fourth-order valence-electron chi connectivity index (χ4n) is 10.4. The fraction of sp³-hybridized carbons (Fsp3) is 1.00. The molecule has 0 unspecified atom stereocenters. The van der Waals surface area contributed by atoms with Crippen molar-refractivity contribution < 1.29 is 4.74 Å². The van der Waals surface area contributed by atoms with Gasteiger partial charge in [0, 0.05) is 6.61 Å². The second kappa shape index (κ2) is 8.32. The third-order valence-corrected chi connectivity index (χ3v) is 12.2. The first kappa shape index (κ1) is 22.7. The minimum absolute atomic E-state index is 0.296. The van der Waals surface area contributed by atoms with Crippen LogP contribution in [0.1, 0.15) is 125 Å². The number of hydrogen-bond acceptors (Lipinski definition) is 1. The number of fused-ring (bicyclic) bond motifs is 5. The highest BCUT2D eigenvalue weighted by molar-refractivity contribution is 5.11. The Kier molecular flexibility index (Phi) is 6.10. The molecule has 0 radical (unpaired) electrons. The van der Waals surface area contributed by atoms with Crippen molar-refractivity contribution in [1.29, 1.82) is 0 Å². The molecule has 1 saturated heterocycles. The molecule has 0 aromatic heterocycles. The van der Waals surface area contributed by atoms with Crippen molar-refractivity contribution in [3.05, 3.63) is 0 Å². The molecule has 5 fully saturated rings. The number of rotatable bonds is 5. The molecule has 1 heterocycles. The van der Waals surface area contributed by atoms with Gasteiger partial charge in [-0.25, -0.2) is 0 Å². The molecule has 178 valence electrons. The van der Waals surface area contributed by atoms with E-state index in [-0.39, 0.29) is 0 Å². The summed E-state index contributed by atoms with van der Waals surface area (Å²) in [4.78, 5) is 0. The lowest BCUT2D eigenvalue weighted by Crippen LogP contribution is -2.56. The van der Waals surface area contributed by atoms with Crippen molar-refractivity contribution in [2.45, 2.75) is 130 Å². The molecular weight excluding hydrogens is 376 g/mol. The molecule has 0 N–H and O–H groups in total. The van der Waals surface area contributed by atoms with E-state index >= 15 is 0 Å². The van der Waals surface area contributed by atoms with E-state index in [0.29, 0.717) is 16.4 Å². The molecule has 0 aromatic carbocycles. The van der Waals surface area contributed by atoms with Gasteiger partial charge < -0.3 is 4.74 Å². The highest BCUT2D eigenvalue weighted by Gasteiger charge is 2.62. The Morgan fingerprint density at radius 3 is 2.35 bits per heavy atom. The van der Waals surface area contributed by atoms with Crippen molar-refractivity contribution in [2.75, 3.05) is 6.61 Å². The molecule has 0 aromatic rings. The number of hydrogen-bond donors (Lipinski definition) is 0. The monoisotopic (exact) mass is 428 g/mol. The zero-order chi connectivity index (χ0) is 21.9. The summed E-state index contributed by atoms with van der Waals surface area (Å²) in [6.45, 7) is 13.9. The van der Waals surface area contributed by atoms with Gasteiger partial charge in [0.05, 0.1) is 5.60 Å². The third kappa shape index (κ3) is 3.76. The summed E-state index contributed by atoms with van der Waals surface area (Å²) in [7, 11) is 0. The molecule has 4 saturated carbocycles. The van der Waals surface area contributed by atoms with E-state index in [1.54, 1.807) is 6.42 Å². The summed E-state index contributed by atoms with van der Waals surface area (Å²) < 4.78 is 6.38. The average Bonchev–Trinajstić information content (AvgIpc) is 3.32. The summed E-state index contributed by atoms with van der Waals surface area (Å²) in [5.41, 5.74) is 1.55. The van der Waals surface area contributed by atoms with Crippen LogP contribution < -0.4 is 0 Å². The highest BCUT2D eigenvalue weighted by atomic mass is 16.5. The molecule has 5 aliphatic rings. The van der Waals surface area contributed by atoms with Crippen LogP contribution in [0, 0.1) is 52.3 Å². The maximum Gasteiger partial charge on any atom is 0.0686 e. The van der Waals surface area contributed by atoms with Crippen molar-refractivity contribution >= 4 is 0 Å².